The summed E-state index contributed by atoms with van der Waals surface area (Å²) in [4.78, 5) is 27.3. The third-order valence-corrected chi connectivity index (χ3v) is 5.33. The number of aliphatic hydroxyl groups is 1. The lowest BCUT2D eigenvalue weighted by molar-refractivity contribution is -0.132. The second-order valence-electron chi connectivity index (χ2n) is 6.93. The Labute approximate surface area is 182 Å². The van der Waals surface area contributed by atoms with Crippen molar-refractivity contribution in [1.29, 1.82) is 0 Å². The molecule has 0 spiro atoms. The minimum atomic E-state index is -0.934. The van der Waals surface area contributed by atoms with Gasteiger partial charge in [-0.25, -0.2) is 4.39 Å². The Morgan fingerprint density at radius 3 is 2.35 bits per heavy atom. The van der Waals surface area contributed by atoms with Crippen molar-refractivity contribution in [1.82, 2.24) is 0 Å². The predicted octanol–water partition coefficient (Wildman–Crippen LogP) is 5.11. The zero-order valence-electron chi connectivity index (χ0n) is 16.4. The normalized spacial score (nSPS) is 17.8. The largest absolute Gasteiger partial charge is 0.507 e. The zero-order chi connectivity index (χ0) is 22.1. The lowest BCUT2D eigenvalue weighted by Gasteiger charge is -2.25. The Morgan fingerprint density at radius 2 is 1.71 bits per heavy atom. The quantitative estimate of drug-likeness (QED) is 0.350. The van der Waals surface area contributed by atoms with E-state index in [1.54, 1.807) is 48.5 Å². The molecule has 1 N–H and O–H groups in total. The van der Waals surface area contributed by atoms with E-state index in [1.165, 1.54) is 36.3 Å². The van der Waals surface area contributed by atoms with Crippen molar-refractivity contribution < 1.29 is 23.8 Å². The fraction of sp³-hybridized carbons (Fsp3) is 0.0833. The van der Waals surface area contributed by atoms with Crippen LogP contribution in [-0.4, -0.2) is 23.9 Å². The first-order valence-corrected chi connectivity index (χ1v) is 9.75. The van der Waals surface area contributed by atoms with Gasteiger partial charge in [-0.15, -0.1) is 0 Å². The monoisotopic (exact) mass is 437 g/mol. The van der Waals surface area contributed by atoms with E-state index < -0.39 is 23.5 Å². The summed E-state index contributed by atoms with van der Waals surface area (Å²) in [6.45, 7) is 0. The molecule has 5 nitrogen and oxygen atoms in total. The number of amides is 1. The number of ketones is 1. The third kappa shape index (κ3) is 3.78. The van der Waals surface area contributed by atoms with Gasteiger partial charge >= 0.3 is 0 Å². The second-order valence-corrected chi connectivity index (χ2v) is 7.37. The molecule has 1 saturated heterocycles. The molecule has 3 aromatic carbocycles. The molecule has 0 bridgehead atoms. The number of methoxy groups -OCH3 is 1. The molecule has 0 radical (unpaired) electrons. The van der Waals surface area contributed by atoms with Gasteiger partial charge in [-0.2, -0.15) is 0 Å². The van der Waals surface area contributed by atoms with E-state index in [2.05, 4.69) is 0 Å². The molecule has 1 atom stereocenters. The van der Waals surface area contributed by atoms with Gasteiger partial charge in [-0.3, -0.25) is 14.5 Å². The average molecular weight is 438 g/mol. The predicted molar refractivity (Wildman–Crippen MR) is 116 cm³/mol. The number of hydrogen-bond donors (Lipinski definition) is 1. The van der Waals surface area contributed by atoms with Gasteiger partial charge in [0.2, 0.25) is 0 Å². The van der Waals surface area contributed by atoms with Gasteiger partial charge in [0.05, 0.1) is 18.7 Å². The molecule has 1 fully saturated rings. The molecule has 3 aromatic rings. The van der Waals surface area contributed by atoms with E-state index in [9.17, 15) is 19.1 Å². The highest BCUT2D eigenvalue weighted by Crippen LogP contribution is 2.42. The van der Waals surface area contributed by atoms with Gasteiger partial charge in [0.25, 0.3) is 11.7 Å². The van der Waals surface area contributed by atoms with Crippen molar-refractivity contribution in [3.8, 4) is 5.75 Å². The first-order valence-electron chi connectivity index (χ1n) is 9.37. The summed E-state index contributed by atoms with van der Waals surface area (Å²) >= 11 is 5.93. The summed E-state index contributed by atoms with van der Waals surface area (Å²) in [7, 11) is 1.50. The highest BCUT2D eigenvalue weighted by molar-refractivity contribution is 6.51. The number of Topliss-reactive ketones (excluding diaryl/α,β-unsaturated/α-hetero) is 1. The number of carbonyl (C=O) groups is 2. The Morgan fingerprint density at radius 1 is 1.03 bits per heavy atom. The summed E-state index contributed by atoms with van der Waals surface area (Å²) in [5, 5.41) is 11.5. The molecule has 1 aliphatic heterocycles. The van der Waals surface area contributed by atoms with Gasteiger partial charge in [0, 0.05) is 16.3 Å². The summed E-state index contributed by atoms with van der Waals surface area (Å²) < 4.78 is 18.8. The number of hydrogen-bond acceptors (Lipinski definition) is 4. The number of aliphatic hydroxyl groups excluding tert-OH is 1. The van der Waals surface area contributed by atoms with Crippen LogP contribution in [0.3, 0.4) is 0 Å². The molecule has 1 unspecified atom stereocenters. The average Bonchev–Trinajstić information content (AvgIpc) is 3.05. The van der Waals surface area contributed by atoms with E-state index in [1.807, 2.05) is 0 Å². The van der Waals surface area contributed by atoms with Crippen LogP contribution in [0.1, 0.15) is 17.2 Å². The fourth-order valence-corrected chi connectivity index (χ4v) is 3.72. The maximum atomic E-state index is 13.5. The van der Waals surface area contributed by atoms with Gasteiger partial charge in [-0.1, -0.05) is 23.7 Å². The van der Waals surface area contributed by atoms with Crippen LogP contribution in [0.2, 0.25) is 5.02 Å². The van der Waals surface area contributed by atoms with Gasteiger partial charge in [0.15, 0.2) is 0 Å². The molecule has 31 heavy (non-hydrogen) atoms. The number of benzene rings is 3. The minimum absolute atomic E-state index is 0.0788. The Balaban J connectivity index is 1.94. The summed E-state index contributed by atoms with van der Waals surface area (Å²) in [6.07, 6.45) is 0. The van der Waals surface area contributed by atoms with Crippen LogP contribution in [0.25, 0.3) is 5.76 Å². The zero-order valence-corrected chi connectivity index (χ0v) is 17.1. The van der Waals surface area contributed by atoms with Crippen molar-refractivity contribution in [2.75, 3.05) is 12.0 Å². The molecule has 156 valence electrons. The number of ether oxygens (including phenoxy) is 1. The second kappa shape index (κ2) is 8.24. The van der Waals surface area contributed by atoms with Crippen LogP contribution in [0, 0.1) is 5.82 Å². The van der Waals surface area contributed by atoms with Crippen molar-refractivity contribution in [3.63, 3.8) is 0 Å². The SMILES string of the molecule is COc1cccc(C2/C(=C(/O)c3ccc(Cl)cc3)C(=O)C(=O)N2c2ccc(F)cc2)c1. The Bertz CT molecular complexity index is 1190. The number of anilines is 1. The van der Waals surface area contributed by atoms with Crippen molar-refractivity contribution in [2.45, 2.75) is 6.04 Å². The maximum Gasteiger partial charge on any atom is 0.300 e. The Kier molecular flexibility index (Phi) is 5.48. The lowest BCUT2D eigenvalue weighted by Crippen LogP contribution is -2.29. The molecule has 0 saturated carbocycles. The summed E-state index contributed by atoms with van der Waals surface area (Å²) in [5.74, 6) is -1.94. The molecule has 7 heteroatoms. The molecular formula is C24H17ClFNO4. The van der Waals surface area contributed by atoms with Crippen LogP contribution in [0.5, 0.6) is 5.75 Å². The maximum absolute atomic E-state index is 13.5. The molecule has 1 amide bonds. The molecule has 0 aliphatic carbocycles. The first kappa shape index (κ1) is 20.6. The summed E-state index contributed by atoms with van der Waals surface area (Å²) in [5.41, 5.74) is 1.14. The first-order chi connectivity index (χ1) is 14.9. The van der Waals surface area contributed by atoms with E-state index in [0.29, 0.717) is 27.6 Å². The van der Waals surface area contributed by atoms with Gasteiger partial charge in [-0.05, 0) is 66.2 Å². The number of nitrogens with zero attached hydrogens (tertiary/aromatic N) is 1. The van der Waals surface area contributed by atoms with E-state index in [4.69, 9.17) is 16.3 Å². The standard InChI is InChI=1S/C24H17ClFNO4/c1-31-19-4-2-3-15(13-19)21-20(22(28)14-5-7-16(25)8-6-14)23(29)24(30)27(21)18-11-9-17(26)10-12-18/h2-13,21,28H,1H3/b22-20-. The van der Waals surface area contributed by atoms with Crippen molar-refractivity contribution in [2.24, 2.45) is 0 Å². The minimum Gasteiger partial charge on any atom is -0.507 e. The van der Waals surface area contributed by atoms with E-state index in [0.717, 1.165) is 0 Å². The van der Waals surface area contributed by atoms with Crippen LogP contribution >= 0.6 is 11.6 Å². The number of rotatable bonds is 4. The van der Waals surface area contributed by atoms with Gasteiger partial charge in [0.1, 0.15) is 17.3 Å². The van der Waals surface area contributed by atoms with Crippen molar-refractivity contribution in [3.05, 3.63) is 100 Å². The highest BCUT2D eigenvalue weighted by Gasteiger charge is 2.47. The third-order valence-electron chi connectivity index (χ3n) is 5.08. The molecule has 0 aromatic heterocycles. The molecule has 4 rings (SSSR count). The van der Waals surface area contributed by atoms with Gasteiger partial charge < -0.3 is 9.84 Å². The van der Waals surface area contributed by atoms with Crippen LogP contribution in [-0.2, 0) is 9.59 Å². The smallest absolute Gasteiger partial charge is 0.300 e. The van der Waals surface area contributed by atoms with Crippen LogP contribution in [0.15, 0.2) is 78.4 Å². The Hall–Kier alpha value is -3.64. The molecular weight excluding hydrogens is 421 g/mol. The van der Waals surface area contributed by atoms with Crippen LogP contribution < -0.4 is 9.64 Å². The fourth-order valence-electron chi connectivity index (χ4n) is 3.59. The lowest BCUT2D eigenvalue weighted by atomic mass is 9.95. The number of halogens is 2. The van der Waals surface area contributed by atoms with Crippen molar-refractivity contribution >= 4 is 34.7 Å². The van der Waals surface area contributed by atoms with E-state index >= 15 is 0 Å². The highest BCUT2D eigenvalue weighted by atomic mass is 35.5. The molecule has 1 aliphatic rings. The number of carbonyl (C=O) groups excluding carboxylic acids is 2. The topological polar surface area (TPSA) is 66.8 Å². The van der Waals surface area contributed by atoms with Crippen LogP contribution in [0.4, 0.5) is 10.1 Å². The molecule has 1 heterocycles. The van der Waals surface area contributed by atoms with E-state index in [-0.39, 0.29) is 11.3 Å². The summed E-state index contributed by atoms with van der Waals surface area (Å²) in [6, 6.07) is 17.4.